The molecule has 0 aliphatic heterocycles. The molecule has 182 valence electrons. The van der Waals surface area contributed by atoms with Crippen molar-refractivity contribution in [1.82, 2.24) is 5.32 Å². The molecule has 0 amide bonds. The van der Waals surface area contributed by atoms with E-state index in [0.29, 0.717) is 6.42 Å². The third-order valence-corrected chi connectivity index (χ3v) is 7.05. The average Bonchev–Trinajstić information content (AvgIpc) is 2.91. The summed E-state index contributed by atoms with van der Waals surface area (Å²) in [5.41, 5.74) is 2.25. The highest BCUT2D eigenvalue weighted by Crippen LogP contribution is 2.38. The van der Waals surface area contributed by atoms with Gasteiger partial charge >= 0.3 is 5.97 Å². The molecule has 2 atom stereocenters. The van der Waals surface area contributed by atoms with Gasteiger partial charge in [-0.1, -0.05) is 111 Å². The predicted octanol–water partition coefficient (Wildman–Crippen LogP) is 5.77. The maximum absolute atomic E-state index is 13.5. The van der Waals surface area contributed by atoms with Crippen molar-refractivity contribution in [2.24, 2.45) is 0 Å². The van der Waals surface area contributed by atoms with Gasteiger partial charge in [0.2, 0.25) is 0 Å². The van der Waals surface area contributed by atoms with Crippen molar-refractivity contribution < 1.29 is 14.3 Å². The Labute approximate surface area is 212 Å². The Morgan fingerprint density at radius 2 is 1.37 bits per heavy atom. The molecule has 0 radical (unpaired) electrons. The number of nitrogens with one attached hydrogen (secondary N) is 1. The number of esters is 1. The molecule has 3 aromatic rings. The highest BCUT2D eigenvalue weighted by Gasteiger charge is 2.40. The number of ether oxygens (including phenoxy) is 1. The number of thioether (sulfide) groups is 1. The lowest BCUT2D eigenvalue weighted by atomic mass is 9.76. The van der Waals surface area contributed by atoms with Crippen LogP contribution in [0.1, 0.15) is 36.5 Å². The molecule has 0 aliphatic carbocycles. The van der Waals surface area contributed by atoms with E-state index in [1.165, 1.54) is 6.08 Å². The second-order valence-electron chi connectivity index (χ2n) is 8.44. The molecule has 0 aliphatic rings. The molecule has 4 nitrogen and oxygen atoms in total. The Morgan fingerprint density at radius 1 is 0.914 bits per heavy atom. The number of ketones is 1. The largest absolute Gasteiger partial charge is 0.461 e. The summed E-state index contributed by atoms with van der Waals surface area (Å²) in [5.74, 6) is -0.727. The van der Waals surface area contributed by atoms with E-state index >= 15 is 0 Å². The summed E-state index contributed by atoms with van der Waals surface area (Å²) >= 11 is 1.70. The smallest absolute Gasteiger partial charge is 0.313 e. The van der Waals surface area contributed by atoms with Gasteiger partial charge in [-0.25, -0.2) is 0 Å². The SMILES string of the molecule is C=CCOC(=O)CC(=O)[C@H](CC(C)SC)NC(c1ccccc1)(c1ccccc1)c1ccccc1. The van der Waals surface area contributed by atoms with Gasteiger partial charge in [0.1, 0.15) is 13.0 Å². The number of carbonyl (C=O) groups excluding carboxylic acids is 2. The first-order chi connectivity index (χ1) is 17.0. The lowest BCUT2D eigenvalue weighted by Gasteiger charge is -2.40. The summed E-state index contributed by atoms with van der Waals surface area (Å²) in [6.07, 6.45) is 3.81. The Morgan fingerprint density at radius 3 is 1.77 bits per heavy atom. The van der Waals surface area contributed by atoms with Crippen molar-refractivity contribution in [1.29, 1.82) is 0 Å². The average molecular weight is 488 g/mol. The summed E-state index contributed by atoms with van der Waals surface area (Å²) in [5, 5.41) is 3.96. The van der Waals surface area contributed by atoms with Crippen molar-refractivity contribution in [2.45, 2.75) is 36.6 Å². The zero-order chi connectivity index (χ0) is 25.1. The molecule has 0 saturated carbocycles. The quantitative estimate of drug-likeness (QED) is 0.144. The van der Waals surface area contributed by atoms with Gasteiger partial charge in [0.25, 0.3) is 0 Å². The van der Waals surface area contributed by atoms with Crippen LogP contribution in [-0.4, -0.2) is 35.9 Å². The van der Waals surface area contributed by atoms with E-state index in [1.807, 2.05) is 60.9 Å². The highest BCUT2D eigenvalue weighted by molar-refractivity contribution is 7.99. The minimum atomic E-state index is -0.798. The van der Waals surface area contributed by atoms with Crippen LogP contribution < -0.4 is 5.32 Å². The Hall–Kier alpha value is -3.15. The van der Waals surface area contributed by atoms with Crippen LogP contribution in [-0.2, 0) is 19.9 Å². The molecule has 5 heteroatoms. The standard InChI is InChI=1S/C30H33NO3S/c1-4-20-34-29(33)22-28(32)27(21-23(2)35-3)31-30(24-14-8-5-9-15-24,25-16-10-6-11-17-25)26-18-12-7-13-19-26/h4-19,23,27,31H,1,20-22H2,2-3H3/t23?,27-/m0/s1. The van der Waals surface area contributed by atoms with Crippen LogP contribution in [0.4, 0.5) is 0 Å². The van der Waals surface area contributed by atoms with E-state index in [0.717, 1.165) is 16.7 Å². The van der Waals surface area contributed by atoms with Gasteiger partial charge in [-0.05, 0) is 29.4 Å². The molecular formula is C30H33NO3S. The van der Waals surface area contributed by atoms with Gasteiger partial charge in [-0.15, -0.1) is 0 Å². The van der Waals surface area contributed by atoms with Gasteiger partial charge in [0, 0.05) is 5.25 Å². The van der Waals surface area contributed by atoms with Crippen molar-refractivity contribution >= 4 is 23.5 Å². The Kier molecular flexibility index (Phi) is 9.88. The summed E-state index contributed by atoms with van der Waals surface area (Å²) in [6, 6.07) is 29.9. The van der Waals surface area contributed by atoms with Crippen LogP contribution in [0.25, 0.3) is 0 Å². The molecule has 0 aromatic heterocycles. The third kappa shape index (κ3) is 6.71. The monoisotopic (exact) mass is 487 g/mol. The summed E-state index contributed by atoms with van der Waals surface area (Å²) in [4.78, 5) is 25.9. The fourth-order valence-corrected chi connectivity index (χ4v) is 4.63. The number of Topliss-reactive ketones (excluding diaryl/α,β-unsaturated/α-hetero) is 1. The van der Waals surface area contributed by atoms with Crippen LogP contribution in [0.2, 0.25) is 0 Å². The predicted molar refractivity (Wildman–Crippen MR) is 145 cm³/mol. The maximum Gasteiger partial charge on any atom is 0.313 e. The number of rotatable bonds is 13. The van der Waals surface area contributed by atoms with Crippen LogP contribution in [0.15, 0.2) is 104 Å². The molecule has 0 saturated heterocycles. The summed E-state index contributed by atoms with van der Waals surface area (Å²) in [7, 11) is 0. The normalized spacial score (nSPS) is 13.0. The first-order valence-corrected chi connectivity index (χ1v) is 13.1. The van der Waals surface area contributed by atoms with E-state index in [9.17, 15) is 9.59 Å². The zero-order valence-corrected chi connectivity index (χ0v) is 21.2. The molecule has 1 N–H and O–H groups in total. The number of hydrogen-bond donors (Lipinski definition) is 1. The fraction of sp³-hybridized carbons (Fsp3) is 0.267. The van der Waals surface area contributed by atoms with Gasteiger partial charge in [0.05, 0.1) is 11.6 Å². The van der Waals surface area contributed by atoms with Gasteiger partial charge < -0.3 is 4.74 Å². The molecule has 0 heterocycles. The minimum absolute atomic E-state index is 0.0907. The van der Waals surface area contributed by atoms with Gasteiger partial charge in [-0.3, -0.25) is 14.9 Å². The first kappa shape index (κ1) is 26.5. The van der Waals surface area contributed by atoms with Crippen LogP contribution >= 0.6 is 11.8 Å². The van der Waals surface area contributed by atoms with E-state index in [-0.39, 0.29) is 24.1 Å². The van der Waals surface area contributed by atoms with E-state index < -0.39 is 17.6 Å². The molecule has 1 unspecified atom stereocenters. The first-order valence-electron chi connectivity index (χ1n) is 11.8. The van der Waals surface area contributed by atoms with Crippen LogP contribution in [0.5, 0.6) is 0 Å². The van der Waals surface area contributed by atoms with Crippen molar-refractivity contribution in [3.8, 4) is 0 Å². The fourth-order valence-electron chi connectivity index (χ4n) is 4.24. The Bertz CT molecular complexity index is 990. The summed E-state index contributed by atoms with van der Waals surface area (Å²) < 4.78 is 5.12. The molecule has 0 bridgehead atoms. The molecule has 3 aromatic carbocycles. The van der Waals surface area contributed by atoms with E-state index in [4.69, 9.17) is 4.74 Å². The number of hydrogen-bond acceptors (Lipinski definition) is 5. The Balaban J connectivity index is 2.14. The molecule has 3 rings (SSSR count). The van der Waals surface area contributed by atoms with E-state index in [1.54, 1.807) is 11.8 Å². The third-order valence-electron chi connectivity index (χ3n) is 6.05. The van der Waals surface area contributed by atoms with Crippen molar-refractivity contribution in [2.75, 3.05) is 12.9 Å². The molecule has 0 fully saturated rings. The van der Waals surface area contributed by atoms with Crippen molar-refractivity contribution in [3.63, 3.8) is 0 Å². The number of benzene rings is 3. The zero-order valence-electron chi connectivity index (χ0n) is 20.4. The maximum atomic E-state index is 13.5. The topological polar surface area (TPSA) is 55.4 Å². The van der Waals surface area contributed by atoms with E-state index in [2.05, 4.69) is 55.2 Å². The van der Waals surface area contributed by atoms with Crippen LogP contribution in [0, 0.1) is 0 Å². The second kappa shape index (κ2) is 13.1. The molecular weight excluding hydrogens is 454 g/mol. The second-order valence-corrected chi connectivity index (χ2v) is 9.72. The molecule has 0 spiro atoms. The molecule has 35 heavy (non-hydrogen) atoms. The van der Waals surface area contributed by atoms with Crippen LogP contribution in [0.3, 0.4) is 0 Å². The minimum Gasteiger partial charge on any atom is -0.461 e. The summed E-state index contributed by atoms with van der Waals surface area (Å²) in [6.45, 7) is 5.76. The number of carbonyl (C=O) groups is 2. The van der Waals surface area contributed by atoms with Gasteiger partial charge in [-0.2, -0.15) is 11.8 Å². The lowest BCUT2D eigenvalue weighted by molar-refractivity contribution is -0.145. The van der Waals surface area contributed by atoms with Crippen molar-refractivity contribution in [3.05, 3.63) is 120 Å². The lowest BCUT2D eigenvalue weighted by Crippen LogP contribution is -2.53. The van der Waals surface area contributed by atoms with Gasteiger partial charge in [0.15, 0.2) is 5.78 Å². The highest BCUT2D eigenvalue weighted by atomic mass is 32.2.